The molecule has 2 aromatic carbocycles. The molecule has 0 unspecified atom stereocenters. The molecule has 188 valence electrons. The molecule has 3 rings (SSSR count). The number of unbranched alkanes of at least 4 members (excludes halogenated alkanes) is 8. The highest BCUT2D eigenvalue weighted by molar-refractivity contribution is 5.78. The Morgan fingerprint density at radius 3 is 1.97 bits per heavy atom. The summed E-state index contributed by atoms with van der Waals surface area (Å²) in [5, 5.41) is 0. The van der Waals surface area contributed by atoms with Crippen LogP contribution in [0.15, 0.2) is 60.2 Å². The first-order valence-corrected chi connectivity index (χ1v) is 14.3. The van der Waals surface area contributed by atoms with E-state index in [1.807, 2.05) is 0 Å². The third-order valence-electron chi connectivity index (χ3n) is 7.19. The first kappa shape index (κ1) is 27.1. The first-order valence-electron chi connectivity index (χ1n) is 14.3. The van der Waals surface area contributed by atoms with Gasteiger partial charge in [-0.2, -0.15) is 0 Å². The Morgan fingerprint density at radius 2 is 1.23 bits per heavy atom. The second-order valence-electron chi connectivity index (χ2n) is 10.2. The maximum Gasteiger partial charge on any atom is 0.210 e. The van der Waals surface area contributed by atoms with Gasteiger partial charge in [0, 0.05) is 22.8 Å². The van der Waals surface area contributed by atoms with E-state index in [2.05, 4.69) is 75.4 Å². The second-order valence-corrected chi connectivity index (χ2v) is 10.2. The van der Waals surface area contributed by atoms with Crippen LogP contribution >= 0.6 is 0 Å². The minimum absolute atomic E-state index is 0.909. The molecule has 0 saturated carbocycles. The van der Waals surface area contributed by atoms with E-state index in [-0.39, 0.29) is 0 Å². The van der Waals surface area contributed by atoms with Crippen LogP contribution in [0, 0.1) is 0 Å². The van der Waals surface area contributed by atoms with Crippen LogP contribution in [-0.2, 0) is 12.8 Å². The quantitative estimate of drug-likeness (QED) is 0.172. The van der Waals surface area contributed by atoms with Crippen molar-refractivity contribution in [2.75, 3.05) is 0 Å². The smallest absolute Gasteiger partial charge is 0.210 e. The van der Waals surface area contributed by atoms with Crippen LogP contribution in [0.3, 0.4) is 0 Å². The molecule has 2 nitrogen and oxygen atoms in total. The number of rotatable bonds is 16. The van der Waals surface area contributed by atoms with Crippen LogP contribution in [0.2, 0.25) is 0 Å². The van der Waals surface area contributed by atoms with Crippen molar-refractivity contribution in [3.63, 3.8) is 0 Å². The van der Waals surface area contributed by atoms with Gasteiger partial charge in [0.05, 0.1) is 0 Å². The average Bonchev–Trinajstić information content (AvgIpc) is 3.21. The van der Waals surface area contributed by atoms with Gasteiger partial charge in [-0.05, 0) is 73.9 Å². The van der Waals surface area contributed by atoms with Crippen molar-refractivity contribution in [2.45, 2.75) is 111 Å². The number of allylic oxidation sites excluding steroid dienone is 2. The van der Waals surface area contributed by atoms with E-state index < -0.39 is 0 Å². The van der Waals surface area contributed by atoms with Gasteiger partial charge in [0.25, 0.3) is 0 Å². The van der Waals surface area contributed by atoms with Crippen LogP contribution in [0.5, 0.6) is 0 Å². The Hall–Kier alpha value is -2.48. The van der Waals surface area contributed by atoms with Gasteiger partial charge in [0.15, 0.2) is 0 Å². The summed E-state index contributed by atoms with van der Waals surface area (Å²) in [5.74, 6) is 0. The molecule has 0 atom stereocenters. The lowest BCUT2D eigenvalue weighted by Gasteiger charge is -2.11. The van der Waals surface area contributed by atoms with Crippen molar-refractivity contribution in [1.82, 2.24) is 0 Å². The lowest BCUT2D eigenvalue weighted by molar-refractivity contribution is -0.344. The molecule has 2 aromatic rings. The van der Waals surface area contributed by atoms with Gasteiger partial charge in [0.1, 0.15) is 0 Å². The number of hydrogen-bond acceptors (Lipinski definition) is 0. The van der Waals surface area contributed by atoms with Crippen LogP contribution in [0.25, 0.3) is 16.9 Å². The molecule has 0 radical (unpaired) electrons. The molecule has 0 amide bonds. The van der Waals surface area contributed by atoms with Gasteiger partial charge < -0.3 is 5.53 Å². The maximum atomic E-state index is 11.4. The zero-order valence-corrected chi connectivity index (χ0v) is 22.5. The lowest BCUT2D eigenvalue weighted by atomic mass is 10.00. The Bertz CT molecular complexity index is 994. The lowest BCUT2D eigenvalue weighted by Crippen LogP contribution is -2.03. The molecule has 0 N–H and O–H groups in total. The predicted molar refractivity (Wildman–Crippen MR) is 151 cm³/mol. The molecular formula is C33H46N2. The average molecular weight is 471 g/mol. The fraction of sp³-hybridized carbons (Fsp3) is 0.515. The summed E-state index contributed by atoms with van der Waals surface area (Å²) in [6.07, 6.45) is 19.4. The molecule has 0 spiro atoms. The summed E-state index contributed by atoms with van der Waals surface area (Å²) in [5.41, 5.74) is 19.5. The van der Waals surface area contributed by atoms with Crippen molar-refractivity contribution in [3.05, 3.63) is 88.0 Å². The monoisotopic (exact) mass is 470 g/mol. The molecule has 35 heavy (non-hydrogen) atoms. The fourth-order valence-corrected chi connectivity index (χ4v) is 5.03. The second kappa shape index (κ2) is 14.8. The van der Waals surface area contributed by atoms with E-state index in [4.69, 9.17) is 0 Å². The van der Waals surface area contributed by atoms with Crippen LogP contribution in [0.4, 0.5) is 0 Å². The van der Waals surface area contributed by atoms with Gasteiger partial charge in [-0.3, -0.25) is 0 Å². The van der Waals surface area contributed by atoms with Gasteiger partial charge in [-0.1, -0.05) is 96.4 Å². The summed E-state index contributed by atoms with van der Waals surface area (Å²) < 4.78 is 1.45. The van der Waals surface area contributed by atoms with E-state index in [1.54, 1.807) is 0 Å². The van der Waals surface area contributed by atoms with Crippen molar-refractivity contribution >= 4 is 11.4 Å². The SMILES string of the molecule is CCCCCCCCc1cccc(C2=CC(CCCCC)=C(c3ccc(CCCC)cc3)[N+]2=[N-])c1. The van der Waals surface area contributed by atoms with E-state index in [9.17, 15) is 5.53 Å². The van der Waals surface area contributed by atoms with Crippen LogP contribution < -0.4 is 0 Å². The van der Waals surface area contributed by atoms with Gasteiger partial charge in [-0.15, -0.1) is 0 Å². The van der Waals surface area contributed by atoms with Gasteiger partial charge in [0.2, 0.25) is 11.4 Å². The highest BCUT2D eigenvalue weighted by Gasteiger charge is 2.28. The van der Waals surface area contributed by atoms with Crippen LogP contribution in [-0.4, -0.2) is 4.70 Å². The largest absolute Gasteiger partial charge is 0.493 e. The molecule has 1 aliphatic rings. The summed E-state index contributed by atoms with van der Waals surface area (Å²) in [6.45, 7) is 6.75. The third-order valence-corrected chi connectivity index (χ3v) is 7.19. The molecule has 0 fully saturated rings. The summed E-state index contributed by atoms with van der Waals surface area (Å²) >= 11 is 0. The number of benzene rings is 2. The van der Waals surface area contributed by atoms with Crippen LogP contribution in [0.1, 0.15) is 120 Å². The Labute approximate surface area is 214 Å². The fourth-order valence-electron chi connectivity index (χ4n) is 5.03. The third kappa shape index (κ3) is 8.02. The molecule has 0 aliphatic carbocycles. The van der Waals surface area contributed by atoms with E-state index in [0.717, 1.165) is 48.2 Å². The predicted octanol–water partition coefficient (Wildman–Crippen LogP) is 10.3. The number of hydrogen-bond donors (Lipinski definition) is 0. The summed E-state index contributed by atoms with van der Waals surface area (Å²) in [7, 11) is 0. The highest BCUT2D eigenvalue weighted by atomic mass is 15.2. The van der Waals surface area contributed by atoms with Crippen molar-refractivity contribution < 1.29 is 4.70 Å². The summed E-state index contributed by atoms with van der Waals surface area (Å²) in [4.78, 5) is 0. The van der Waals surface area contributed by atoms with Gasteiger partial charge in [-0.25, -0.2) is 4.70 Å². The van der Waals surface area contributed by atoms with Gasteiger partial charge >= 0.3 is 0 Å². The standard InChI is InChI=1S/C33H46N2/c1-4-7-10-11-12-14-17-28-18-15-20-30(25-28)32-26-31(19-13-8-5-2)33(35(32)34)29-23-21-27(22-24-29)16-9-6-3/h15,18,20-26H,4-14,16-17,19H2,1-3H3. The normalized spacial score (nSPS) is 13.6. The Balaban J connectivity index is 1.75. The summed E-state index contributed by atoms with van der Waals surface area (Å²) in [6, 6.07) is 17.6. The van der Waals surface area contributed by atoms with E-state index in [0.29, 0.717) is 0 Å². The molecule has 0 bridgehead atoms. The number of nitrogens with zero attached hydrogens (tertiary/aromatic N) is 2. The van der Waals surface area contributed by atoms with E-state index in [1.165, 1.54) is 85.6 Å². The minimum Gasteiger partial charge on any atom is -0.493 e. The molecule has 1 aliphatic heterocycles. The number of aryl methyl sites for hydroxylation is 2. The maximum absolute atomic E-state index is 11.4. The van der Waals surface area contributed by atoms with Crippen molar-refractivity contribution in [2.24, 2.45) is 0 Å². The zero-order valence-electron chi connectivity index (χ0n) is 22.5. The molecule has 0 saturated heterocycles. The molecule has 2 heteroatoms. The highest BCUT2D eigenvalue weighted by Crippen LogP contribution is 2.37. The minimum atomic E-state index is 0.909. The topological polar surface area (TPSA) is 25.3 Å². The molecule has 0 aromatic heterocycles. The van der Waals surface area contributed by atoms with Crippen molar-refractivity contribution in [3.8, 4) is 0 Å². The Morgan fingerprint density at radius 1 is 0.600 bits per heavy atom. The van der Waals surface area contributed by atoms with Crippen molar-refractivity contribution in [1.29, 1.82) is 0 Å². The van der Waals surface area contributed by atoms with E-state index >= 15 is 0 Å². The molecular weight excluding hydrogens is 424 g/mol. The zero-order chi connectivity index (χ0) is 24.9. The Kier molecular flexibility index (Phi) is 11.5. The molecule has 1 heterocycles. The first-order chi connectivity index (χ1) is 17.2.